The van der Waals surface area contributed by atoms with Gasteiger partial charge in [0.05, 0.1) is 0 Å². The zero-order chi connectivity index (χ0) is 15.8. The zero-order valence-corrected chi connectivity index (χ0v) is 12.5. The van der Waals surface area contributed by atoms with Crippen LogP contribution in [0, 0.1) is 11.6 Å². The Balaban J connectivity index is 2.64. The number of anilines is 1. The van der Waals surface area contributed by atoms with Crippen LogP contribution in [0.4, 0.5) is 14.6 Å². The topological polar surface area (TPSA) is 43.8 Å². The summed E-state index contributed by atoms with van der Waals surface area (Å²) in [5.74, 6) is -0.605. The maximum absolute atomic E-state index is 13.4. The molecule has 1 aromatic heterocycles. The van der Waals surface area contributed by atoms with Crippen molar-refractivity contribution in [1.29, 1.82) is 0 Å². The molecule has 0 amide bonds. The number of aromatic nitrogens is 2. The molecule has 0 atom stereocenters. The second kappa shape index (κ2) is 5.31. The first-order chi connectivity index (χ1) is 9.75. The van der Waals surface area contributed by atoms with Crippen LogP contribution in [-0.4, -0.2) is 9.55 Å². The van der Waals surface area contributed by atoms with Crippen molar-refractivity contribution in [1.82, 2.24) is 9.55 Å². The van der Waals surface area contributed by atoms with Gasteiger partial charge in [-0.05, 0) is 18.2 Å². The van der Waals surface area contributed by atoms with Crippen LogP contribution in [0.2, 0.25) is 0 Å². The highest BCUT2D eigenvalue weighted by molar-refractivity contribution is 5.71. The molecule has 0 saturated heterocycles. The molecule has 2 rings (SSSR count). The summed E-state index contributed by atoms with van der Waals surface area (Å²) in [5, 5.41) is 0. The van der Waals surface area contributed by atoms with Gasteiger partial charge >= 0.3 is 0 Å². The molecular formula is C16H19F2N3. The fraction of sp³-hybridized carbons (Fsp3) is 0.312. The van der Waals surface area contributed by atoms with Gasteiger partial charge in [0.25, 0.3) is 0 Å². The molecule has 5 heteroatoms. The molecule has 0 aliphatic heterocycles. The number of rotatable bonds is 3. The van der Waals surface area contributed by atoms with Crippen molar-refractivity contribution in [2.75, 3.05) is 5.73 Å². The summed E-state index contributed by atoms with van der Waals surface area (Å²) in [6, 6.07) is 3.66. The summed E-state index contributed by atoms with van der Waals surface area (Å²) in [5.41, 5.74) is 6.83. The number of halogens is 2. The average molecular weight is 291 g/mol. The van der Waals surface area contributed by atoms with Crippen LogP contribution < -0.4 is 5.73 Å². The van der Waals surface area contributed by atoms with Gasteiger partial charge in [-0.25, -0.2) is 13.8 Å². The average Bonchev–Trinajstić information content (AvgIpc) is 2.71. The molecule has 0 spiro atoms. The second-order valence-corrected chi connectivity index (χ2v) is 5.95. The Labute approximate surface area is 123 Å². The van der Waals surface area contributed by atoms with Gasteiger partial charge in [-0.1, -0.05) is 26.8 Å². The monoisotopic (exact) mass is 291 g/mol. The minimum absolute atomic E-state index is 0.228. The molecule has 3 nitrogen and oxygen atoms in total. The van der Waals surface area contributed by atoms with Crippen LogP contribution in [0.3, 0.4) is 0 Å². The van der Waals surface area contributed by atoms with Crippen LogP contribution in [0.5, 0.6) is 0 Å². The van der Waals surface area contributed by atoms with Crippen molar-refractivity contribution < 1.29 is 8.78 Å². The van der Waals surface area contributed by atoms with Gasteiger partial charge in [0.1, 0.15) is 17.3 Å². The van der Waals surface area contributed by atoms with E-state index in [9.17, 15) is 8.78 Å². The van der Waals surface area contributed by atoms with E-state index < -0.39 is 11.6 Å². The van der Waals surface area contributed by atoms with E-state index in [4.69, 9.17) is 5.73 Å². The predicted octanol–water partition coefficient (Wildman–Crippen LogP) is 3.89. The molecule has 112 valence electrons. The maximum Gasteiger partial charge on any atom is 0.159 e. The van der Waals surface area contributed by atoms with E-state index in [0.717, 1.165) is 18.0 Å². The molecule has 0 radical (unpaired) electrons. The van der Waals surface area contributed by atoms with Crippen molar-refractivity contribution in [3.05, 3.63) is 48.3 Å². The molecule has 0 aliphatic carbocycles. The molecule has 0 fully saturated rings. The third kappa shape index (κ3) is 2.82. The Morgan fingerprint density at radius 2 is 1.95 bits per heavy atom. The summed E-state index contributed by atoms with van der Waals surface area (Å²) in [4.78, 5) is 4.54. The first-order valence-corrected chi connectivity index (χ1v) is 6.68. The third-order valence-electron chi connectivity index (χ3n) is 3.18. The Kier molecular flexibility index (Phi) is 3.85. The Hall–Kier alpha value is -2.17. The fourth-order valence-electron chi connectivity index (χ4n) is 2.21. The molecular weight excluding hydrogens is 272 g/mol. The lowest BCUT2D eigenvalue weighted by atomic mass is 9.95. The van der Waals surface area contributed by atoms with Crippen LogP contribution in [-0.2, 0) is 12.0 Å². The van der Waals surface area contributed by atoms with Gasteiger partial charge in [-0.15, -0.1) is 6.58 Å². The second-order valence-electron chi connectivity index (χ2n) is 5.95. The van der Waals surface area contributed by atoms with Gasteiger partial charge in [-0.3, -0.25) is 0 Å². The lowest BCUT2D eigenvalue weighted by Crippen LogP contribution is -2.19. The summed E-state index contributed by atoms with van der Waals surface area (Å²) in [6.45, 7) is 10.3. The largest absolute Gasteiger partial charge is 0.383 e. The third-order valence-corrected chi connectivity index (χ3v) is 3.18. The highest BCUT2D eigenvalue weighted by Gasteiger charge is 2.25. The first kappa shape index (κ1) is 15.2. The van der Waals surface area contributed by atoms with Crippen molar-refractivity contribution in [2.24, 2.45) is 0 Å². The first-order valence-electron chi connectivity index (χ1n) is 6.68. The van der Waals surface area contributed by atoms with E-state index in [0.29, 0.717) is 23.6 Å². The normalized spacial score (nSPS) is 11.7. The summed E-state index contributed by atoms with van der Waals surface area (Å²) >= 11 is 0. The molecule has 0 aliphatic rings. The van der Waals surface area contributed by atoms with Gasteiger partial charge in [-0.2, -0.15) is 0 Å². The molecule has 2 aromatic rings. The van der Waals surface area contributed by atoms with E-state index in [1.807, 2.05) is 25.3 Å². The summed E-state index contributed by atoms with van der Waals surface area (Å²) in [6.07, 6.45) is 1.72. The maximum atomic E-state index is 13.4. The molecule has 1 heterocycles. The number of nitrogen functional groups attached to an aromatic ring is 1. The fourth-order valence-corrected chi connectivity index (χ4v) is 2.21. The van der Waals surface area contributed by atoms with Crippen molar-refractivity contribution in [2.45, 2.75) is 32.7 Å². The van der Waals surface area contributed by atoms with E-state index in [1.54, 1.807) is 6.08 Å². The number of allylic oxidation sites excluding steroid dienone is 1. The van der Waals surface area contributed by atoms with Crippen molar-refractivity contribution in [3.63, 3.8) is 0 Å². The Morgan fingerprint density at radius 3 is 2.48 bits per heavy atom. The van der Waals surface area contributed by atoms with Crippen LogP contribution in [0.25, 0.3) is 11.3 Å². The highest BCUT2D eigenvalue weighted by Crippen LogP contribution is 2.32. The van der Waals surface area contributed by atoms with Gasteiger partial charge in [0.2, 0.25) is 0 Å². The number of hydrogen-bond acceptors (Lipinski definition) is 2. The number of nitrogens with two attached hydrogens (primary N) is 1. The molecule has 21 heavy (non-hydrogen) atoms. The smallest absolute Gasteiger partial charge is 0.159 e. The van der Waals surface area contributed by atoms with E-state index in [-0.39, 0.29) is 5.41 Å². The van der Waals surface area contributed by atoms with Gasteiger partial charge < -0.3 is 10.3 Å². The summed E-state index contributed by atoms with van der Waals surface area (Å²) in [7, 11) is 0. The van der Waals surface area contributed by atoms with E-state index in [2.05, 4.69) is 11.6 Å². The number of imidazole rings is 1. The van der Waals surface area contributed by atoms with Gasteiger partial charge in [0, 0.05) is 17.5 Å². The minimum Gasteiger partial charge on any atom is -0.383 e. The van der Waals surface area contributed by atoms with Crippen molar-refractivity contribution >= 4 is 5.82 Å². The van der Waals surface area contributed by atoms with E-state index >= 15 is 0 Å². The van der Waals surface area contributed by atoms with E-state index in [1.165, 1.54) is 6.07 Å². The number of hydrogen-bond donors (Lipinski definition) is 1. The Morgan fingerprint density at radius 1 is 1.29 bits per heavy atom. The minimum atomic E-state index is -0.914. The highest BCUT2D eigenvalue weighted by atomic mass is 19.2. The molecule has 2 N–H and O–H groups in total. The standard InChI is InChI=1S/C16H19F2N3/c1-5-8-21-14(19)13(20-15(21)16(2,3)4)10-6-7-11(17)12(18)9-10/h5-7,9H,1,8,19H2,2-4H3. The summed E-state index contributed by atoms with van der Waals surface area (Å²) < 4.78 is 28.3. The van der Waals surface area contributed by atoms with Crippen LogP contribution >= 0.6 is 0 Å². The number of benzene rings is 1. The lowest BCUT2D eigenvalue weighted by molar-refractivity contribution is 0.509. The van der Waals surface area contributed by atoms with Crippen LogP contribution in [0.1, 0.15) is 26.6 Å². The molecule has 0 saturated carbocycles. The quantitative estimate of drug-likeness (QED) is 0.872. The lowest BCUT2D eigenvalue weighted by Gasteiger charge is -2.19. The molecule has 0 unspecified atom stereocenters. The van der Waals surface area contributed by atoms with Crippen LogP contribution in [0.15, 0.2) is 30.9 Å². The molecule has 0 bridgehead atoms. The van der Waals surface area contributed by atoms with Gasteiger partial charge in [0.15, 0.2) is 11.6 Å². The molecule has 1 aromatic carbocycles. The predicted molar refractivity (Wildman–Crippen MR) is 80.9 cm³/mol. The Bertz CT molecular complexity index is 682. The number of nitrogens with zero attached hydrogens (tertiary/aromatic N) is 2. The van der Waals surface area contributed by atoms with Crippen molar-refractivity contribution in [3.8, 4) is 11.3 Å². The zero-order valence-electron chi connectivity index (χ0n) is 12.5. The SMILES string of the molecule is C=CCn1c(C(C)(C)C)nc(-c2ccc(F)c(F)c2)c1N.